The van der Waals surface area contributed by atoms with E-state index in [0.717, 1.165) is 107 Å². The summed E-state index contributed by atoms with van der Waals surface area (Å²) in [7, 11) is 0. The van der Waals surface area contributed by atoms with E-state index in [-0.39, 0.29) is 128 Å². The number of oxazole rings is 2. The van der Waals surface area contributed by atoms with Crippen molar-refractivity contribution in [3.8, 4) is 45.9 Å². The van der Waals surface area contributed by atoms with E-state index in [4.69, 9.17) is 38.0 Å². The monoisotopic (exact) mass is 1090 g/mol. The van der Waals surface area contributed by atoms with Gasteiger partial charge in [0.15, 0.2) is 11.2 Å². The van der Waals surface area contributed by atoms with Crippen molar-refractivity contribution in [1.82, 2.24) is 9.97 Å². The van der Waals surface area contributed by atoms with Crippen LogP contribution >= 0.6 is 0 Å². The summed E-state index contributed by atoms with van der Waals surface area (Å²) in [6.45, 7) is 2.11. The van der Waals surface area contributed by atoms with Gasteiger partial charge in [-0.15, -0.1) is 0 Å². The molecule has 2 heterocycles. The Morgan fingerprint density at radius 3 is 1.07 bits per heavy atom. The Bertz CT molecular complexity index is 2940. The molecule has 2 N–H and O–H groups in total. The molecule has 0 aliphatic carbocycles. The van der Waals surface area contributed by atoms with Crippen LogP contribution in [0.4, 0.5) is 0 Å². The van der Waals surface area contributed by atoms with Crippen LogP contribution in [0.2, 0.25) is 0 Å². The van der Waals surface area contributed by atoms with Crippen molar-refractivity contribution in [3.05, 3.63) is 109 Å². The van der Waals surface area contributed by atoms with E-state index in [0.29, 0.717) is 86.6 Å². The van der Waals surface area contributed by atoms with Crippen LogP contribution in [0.25, 0.3) is 66.7 Å². The van der Waals surface area contributed by atoms with Gasteiger partial charge in [-0.1, -0.05) is 24.3 Å². The van der Waals surface area contributed by atoms with E-state index in [1.54, 1.807) is 0 Å². The fourth-order valence-electron chi connectivity index (χ4n) is 8.10. The summed E-state index contributed by atoms with van der Waals surface area (Å²) in [5, 5.41) is 42.4. The van der Waals surface area contributed by atoms with Gasteiger partial charge in [0.25, 0.3) is 0 Å². The third kappa shape index (κ3) is 20.5. The molecule has 388 valence electrons. The summed E-state index contributed by atoms with van der Waals surface area (Å²) in [5.41, 5.74) is 4.50. The third-order valence-corrected chi connectivity index (χ3v) is 12.0. The van der Waals surface area contributed by atoms with Gasteiger partial charge in [-0.2, -0.15) is 0 Å². The van der Waals surface area contributed by atoms with Gasteiger partial charge in [0, 0.05) is 48.0 Å². The van der Waals surface area contributed by atoms with E-state index < -0.39 is 23.9 Å². The zero-order chi connectivity index (χ0) is 52.1. The summed E-state index contributed by atoms with van der Waals surface area (Å²) < 4.78 is 35.2. The number of unbranched alkanes of at least 4 members (excludes halogenated alkanes) is 8. The molecule has 18 heteroatoms. The van der Waals surface area contributed by atoms with Crippen molar-refractivity contribution in [2.75, 3.05) is 26.4 Å². The number of ether oxygens (including phenoxy) is 4. The van der Waals surface area contributed by atoms with E-state index in [1.807, 2.05) is 109 Å². The van der Waals surface area contributed by atoms with Crippen molar-refractivity contribution in [2.45, 2.75) is 103 Å². The minimum Gasteiger partial charge on any atom is -0.550 e. The van der Waals surface area contributed by atoms with E-state index in [2.05, 4.69) is 9.97 Å². The van der Waals surface area contributed by atoms with Crippen molar-refractivity contribution in [3.63, 3.8) is 0 Å². The fraction of sp³-hybridized carbons (Fsp3) is 0.345. The second kappa shape index (κ2) is 32.8. The molecule has 0 saturated heterocycles. The van der Waals surface area contributed by atoms with Crippen LogP contribution in [0.5, 0.6) is 23.0 Å². The molecule has 8 rings (SSSR count). The predicted molar refractivity (Wildman–Crippen MR) is 275 cm³/mol. The Labute approximate surface area is 525 Å². The van der Waals surface area contributed by atoms with E-state index >= 15 is 0 Å². The van der Waals surface area contributed by atoms with Gasteiger partial charge in [-0.25, -0.2) is 9.97 Å². The Kier molecular flexibility index (Phi) is 26.7. The number of fused-ring (bicyclic) bond motifs is 4. The van der Waals surface area contributed by atoms with Gasteiger partial charge in [-0.05, 0) is 184 Å². The molecule has 16 nitrogen and oxygen atoms in total. The summed E-state index contributed by atoms with van der Waals surface area (Å²) in [6.07, 6.45) is 9.43. The number of benzene rings is 6. The Morgan fingerprint density at radius 2 is 0.711 bits per heavy atom. The second-order valence-electron chi connectivity index (χ2n) is 17.9. The molecule has 0 atom stereocenters. The first kappa shape index (κ1) is 62.0. The number of hydrogen-bond acceptors (Lipinski definition) is 14. The fourth-order valence-corrected chi connectivity index (χ4v) is 8.10. The molecule has 0 radical (unpaired) electrons. The van der Waals surface area contributed by atoms with Crippen LogP contribution in [-0.4, -0.2) is 70.5 Å². The van der Waals surface area contributed by atoms with Crippen molar-refractivity contribution >= 4 is 67.6 Å². The molecule has 0 bridgehead atoms. The Morgan fingerprint density at radius 1 is 0.395 bits per heavy atom. The number of nitrogens with zero attached hydrogens (tertiary/aromatic N) is 2. The molecule has 0 saturated carbocycles. The first-order valence-electron chi connectivity index (χ1n) is 25.2. The molecule has 0 aliphatic rings. The maximum atomic E-state index is 10.6. The zero-order valence-electron chi connectivity index (χ0n) is 43.2. The smallest absolute Gasteiger partial charge is 0.550 e. The maximum Gasteiger partial charge on any atom is 1.00 e. The Hall–Kier alpha value is -4.87. The van der Waals surface area contributed by atoms with Crippen LogP contribution in [0.1, 0.15) is 103 Å². The van der Waals surface area contributed by atoms with Gasteiger partial charge in [0.2, 0.25) is 11.8 Å². The largest absolute Gasteiger partial charge is 1.00 e. The molecule has 8 aromatic rings. The maximum absolute atomic E-state index is 10.6. The number of carboxylic acids is 4. The SMILES string of the molecule is O=C([O-])CCCCCOc1ccc2cc(-c3nc4ccc(OCCCCCC(=O)O)cc4o3)ccc2c1.O=C([O-])CCCCCOc1ccc2cc(-c3nc4ccc(OCCCCCC(=O)O)cc4o3)ccc2c1.[K+].[K+]. The summed E-state index contributed by atoms with van der Waals surface area (Å²) in [6, 6.07) is 34.9. The number of carboxylic acid groups (broad SMARTS) is 4. The first-order valence-corrected chi connectivity index (χ1v) is 25.2. The molecule has 0 spiro atoms. The summed E-state index contributed by atoms with van der Waals surface area (Å²) in [4.78, 5) is 51.3. The zero-order valence-corrected chi connectivity index (χ0v) is 49.5. The van der Waals surface area contributed by atoms with E-state index in [1.165, 1.54) is 0 Å². The van der Waals surface area contributed by atoms with Gasteiger partial charge in [0.05, 0.1) is 26.4 Å². The minimum absolute atomic E-state index is 0. The van der Waals surface area contributed by atoms with Gasteiger partial charge >= 0.3 is 115 Å². The number of hydrogen-bond donors (Lipinski definition) is 2. The minimum atomic E-state index is -1.01. The van der Waals surface area contributed by atoms with Crippen molar-refractivity contribution in [1.29, 1.82) is 0 Å². The molecule has 0 aliphatic heterocycles. The predicted octanol–water partition coefficient (Wildman–Crippen LogP) is 4.73. The average molecular weight is 1090 g/mol. The number of carbonyl (C=O) groups is 4. The molecule has 0 fully saturated rings. The number of aromatic nitrogens is 2. The second-order valence-corrected chi connectivity index (χ2v) is 17.9. The quantitative estimate of drug-likeness (QED) is 0.0457. The normalized spacial score (nSPS) is 10.8. The third-order valence-electron chi connectivity index (χ3n) is 12.0. The van der Waals surface area contributed by atoms with Crippen LogP contribution in [-0.2, 0) is 19.2 Å². The first-order chi connectivity index (χ1) is 35.9. The van der Waals surface area contributed by atoms with Crippen molar-refractivity contribution < 1.29 is 170 Å². The number of rotatable bonds is 30. The van der Waals surface area contributed by atoms with Gasteiger partial charge in [-0.3, -0.25) is 9.59 Å². The number of aliphatic carboxylic acids is 4. The molecule has 2 aromatic heterocycles. The molecule has 0 amide bonds. The molecule has 76 heavy (non-hydrogen) atoms. The Balaban J connectivity index is 0.000000274. The topological polar surface area (TPSA) is 244 Å². The van der Waals surface area contributed by atoms with Crippen LogP contribution in [0.15, 0.2) is 118 Å². The van der Waals surface area contributed by atoms with Crippen LogP contribution < -0.4 is 132 Å². The molecular formula is C58H60K2N2O14. The molecule has 6 aromatic carbocycles. The van der Waals surface area contributed by atoms with Crippen LogP contribution in [0, 0.1) is 0 Å². The van der Waals surface area contributed by atoms with Crippen molar-refractivity contribution in [2.24, 2.45) is 0 Å². The van der Waals surface area contributed by atoms with Gasteiger partial charge in [0.1, 0.15) is 34.0 Å². The van der Waals surface area contributed by atoms with Gasteiger partial charge < -0.3 is 57.8 Å². The number of carbonyl (C=O) groups excluding carboxylic acids is 2. The molecule has 0 unspecified atom stereocenters. The summed E-state index contributed by atoms with van der Waals surface area (Å²) >= 11 is 0. The summed E-state index contributed by atoms with van der Waals surface area (Å²) in [5.74, 6) is 0.432. The van der Waals surface area contributed by atoms with E-state index in [9.17, 15) is 29.4 Å². The van der Waals surface area contributed by atoms with Crippen LogP contribution in [0.3, 0.4) is 0 Å². The average Bonchev–Trinajstić information content (AvgIpc) is 4.02. The molecular weight excluding hydrogens is 1030 g/mol. The standard InChI is InChI=1S/2C29H31NO7.2K/c2*31-27(32)7-3-1-5-15-35-23-12-11-20-17-22(10-9-21(20)18-23)29-30-25-14-13-24(19-26(25)37-29)36-16-6-2-4-8-28(33)34;;/h2*9-14,17-19H,1-8,15-16H2,(H,31,32)(H,33,34);;/q;;2*+1/p-2.